The smallest absolute Gasteiger partial charge is 0.274 e. The lowest BCUT2D eigenvalue weighted by atomic mass is 10.1. The number of pyridine rings is 1. The Morgan fingerprint density at radius 3 is 2.57 bits per heavy atom. The SMILES string of the molecule is Cc1cc(C(=O)N2CCC(Oc3cccc(-c4cccnc4)c3)CC2)nn1C. The maximum absolute atomic E-state index is 12.6. The van der Waals surface area contributed by atoms with E-state index < -0.39 is 0 Å². The van der Waals surface area contributed by atoms with Gasteiger partial charge in [0.25, 0.3) is 5.91 Å². The summed E-state index contributed by atoms with van der Waals surface area (Å²) in [5.41, 5.74) is 3.65. The fourth-order valence-corrected chi connectivity index (χ4v) is 3.48. The number of carbonyl (C=O) groups is 1. The maximum Gasteiger partial charge on any atom is 0.274 e. The van der Waals surface area contributed by atoms with Crippen LogP contribution in [0.15, 0.2) is 54.9 Å². The summed E-state index contributed by atoms with van der Waals surface area (Å²) in [4.78, 5) is 18.7. The molecule has 0 bridgehead atoms. The van der Waals surface area contributed by atoms with Crippen LogP contribution in [-0.2, 0) is 7.05 Å². The van der Waals surface area contributed by atoms with Crippen molar-refractivity contribution in [1.82, 2.24) is 19.7 Å². The van der Waals surface area contributed by atoms with E-state index in [1.54, 1.807) is 10.9 Å². The molecule has 0 atom stereocenters. The first-order valence-corrected chi connectivity index (χ1v) is 9.57. The molecule has 1 fully saturated rings. The van der Waals surface area contributed by atoms with Gasteiger partial charge in [-0.05, 0) is 36.8 Å². The molecule has 0 radical (unpaired) electrons. The van der Waals surface area contributed by atoms with Crippen LogP contribution < -0.4 is 4.74 Å². The van der Waals surface area contributed by atoms with E-state index in [-0.39, 0.29) is 12.0 Å². The van der Waals surface area contributed by atoms with Gasteiger partial charge in [0.1, 0.15) is 11.9 Å². The fraction of sp³-hybridized carbons (Fsp3) is 0.318. The van der Waals surface area contributed by atoms with E-state index in [0.717, 1.165) is 35.4 Å². The van der Waals surface area contributed by atoms with Gasteiger partial charge >= 0.3 is 0 Å². The summed E-state index contributed by atoms with van der Waals surface area (Å²) >= 11 is 0. The Morgan fingerprint density at radius 1 is 1.11 bits per heavy atom. The van der Waals surface area contributed by atoms with Gasteiger partial charge in [-0.3, -0.25) is 14.5 Å². The van der Waals surface area contributed by atoms with E-state index in [0.29, 0.717) is 18.8 Å². The van der Waals surface area contributed by atoms with Crippen molar-refractivity contribution >= 4 is 5.91 Å². The molecule has 0 spiro atoms. The van der Waals surface area contributed by atoms with Gasteiger partial charge in [0, 0.05) is 56.6 Å². The number of amides is 1. The summed E-state index contributed by atoms with van der Waals surface area (Å²) in [6.45, 7) is 3.31. The molecule has 4 rings (SSSR count). The predicted molar refractivity (Wildman–Crippen MR) is 107 cm³/mol. The third kappa shape index (κ3) is 3.91. The van der Waals surface area contributed by atoms with Gasteiger partial charge in [-0.1, -0.05) is 18.2 Å². The summed E-state index contributed by atoms with van der Waals surface area (Å²) in [5, 5.41) is 4.30. The van der Waals surface area contributed by atoms with E-state index in [1.807, 2.05) is 61.5 Å². The average Bonchev–Trinajstić information content (AvgIpc) is 3.07. The molecule has 1 aromatic carbocycles. The molecule has 0 saturated carbocycles. The number of hydrogen-bond donors (Lipinski definition) is 0. The summed E-state index contributed by atoms with van der Waals surface area (Å²) in [5.74, 6) is 0.854. The van der Waals surface area contributed by atoms with Crippen LogP contribution >= 0.6 is 0 Å². The highest BCUT2D eigenvalue weighted by Crippen LogP contribution is 2.26. The Balaban J connectivity index is 1.36. The molecule has 0 unspecified atom stereocenters. The number of hydrogen-bond acceptors (Lipinski definition) is 4. The minimum absolute atomic E-state index is 0.000671. The fourth-order valence-electron chi connectivity index (χ4n) is 3.48. The number of nitrogens with zero attached hydrogens (tertiary/aromatic N) is 4. The van der Waals surface area contributed by atoms with Gasteiger partial charge in [-0.25, -0.2) is 0 Å². The van der Waals surface area contributed by atoms with Crippen LogP contribution in [0.5, 0.6) is 5.75 Å². The molecule has 1 aliphatic rings. The highest BCUT2D eigenvalue weighted by Gasteiger charge is 2.26. The number of ether oxygens (including phenoxy) is 1. The average molecular weight is 376 g/mol. The molecule has 6 heteroatoms. The first-order chi connectivity index (χ1) is 13.6. The summed E-state index contributed by atoms with van der Waals surface area (Å²) in [6, 6.07) is 13.9. The highest BCUT2D eigenvalue weighted by molar-refractivity contribution is 5.92. The standard InChI is InChI=1S/C22H24N4O2/c1-16-13-21(24-25(16)2)22(27)26-11-8-19(9-12-26)28-20-7-3-5-17(14-20)18-6-4-10-23-15-18/h3-7,10,13-15,19H,8-9,11-12H2,1-2H3. The van der Waals surface area contributed by atoms with Gasteiger partial charge in [0.2, 0.25) is 0 Å². The van der Waals surface area contributed by atoms with Crippen LogP contribution in [0.3, 0.4) is 0 Å². The number of aromatic nitrogens is 3. The lowest BCUT2D eigenvalue weighted by Crippen LogP contribution is -2.42. The molecule has 1 amide bonds. The summed E-state index contributed by atoms with van der Waals surface area (Å²) in [7, 11) is 1.85. The van der Waals surface area contributed by atoms with Crippen molar-refractivity contribution in [1.29, 1.82) is 0 Å². The summed E-state index contributed by atoms with van der Waals surface area (Å²) < 4.78 is 7.93. The van der Waals surface area contributed by atoms with Crippen LogP contribution in [0, 0.1) is 6.92 Å². The number of likely N-dealkylation sites (tertiary alicyclic amines) is 1. The molecule has 6 nitrogen and oxygen atoms in total. The second kappa shape index (κ2) is 7.84. The Labute approximate surface area is 164 Å². The van der Waals surface area contributed by atoms with Gasteiger partial charge < -0.3 is 9.64 Å². The van der Waals surface area contributed by atoms with Crippen molar-refractivity contribution in [2.45, 2.75) is 25.9 Å². The van der Waals surface area contributed by atoms with Crippen LogP contribution in [0.2, 0.25) is 0 Å². The topological polar surface area (TPSA) is 60.3 Å². The minimum atomic E-state index is 0.000671. The Kier molecular flexibility index (Phi) is 5.10. The Hall–Kier alpha value is -3.15. The summed E-state index contributed by atoms with van der Waals surface area (Å²) in [6.07, 6.45) is 5.36. The highest BCUT2D eigenvalue weighted by atomic mass is 16.5. The van der Waals surface area contributed by atoms with E-state index in [1.165, 1.54) is 0 Å². The molecular weight excluding hydrogens is 352 g/mol. The third-order valence-corrected chi connectivity index (χ3v) is 5.19. The predicted octanol–water partition coefficient (Wildman–Crippen LogP) is 3.47. The molecule has 2 aromatic heterocycles. The zero-order valence-corrected chi connectivity index (χ0v) is 16.2. The Bertz CT molecular complexity index is 940. The molecular formula is C22H24N4O2. The van der Waals surface area contributed by atoms with Crippen molar-refractivity contribution in [3.05, 3.63) is 66.2 Å². The van der Waals surface area contributed by atoms with E-state index >= 15 is 0 Å². The van der Waals surface area contributed by atoms with Crippen LogP contribution in [-0.4, -0.2) is 44.8 Å². The van der Waals surface area contributed by atoms with Crippen LogP contribution in [0.4, 0.5) is 0 Å². The van der Waals surface area contributed by atoms with Crippen LogP contribution in [0.1, 0.15) is 29.0 Å². The van der Waals surface area contributed by atoms with Crippen molar-refractivity contribution in [3.8, 4) is 16.9 Å². The molecule has 3 heterocycles. The van der Waals surface area contributed by atoms with Crippen molar-refractivity contribution in [3.63, 3.8) is 0 Å². The van der Waals surface area contributed by atoms with Gasteiger partial charge in [0.05, 0.1) is 0 Å². The lowest BCUT2D eigenvalue weighted by molar-refractivity contribution is 0.0589. The first kappa shape index (κ1) is 18.2. The normalized spacial score (nSPS) is 14.9. The van der Waals surface area contributed by atoms with E-state index in [4.69, 9.17) is 4.74 Å². The van der Waals surface area contributed by atoms with Gasteiger partial charge in [-0.15, -0.1) is 0 Å². The first-order valence-electron chi connectivity index (χ1n) is 9.57. The van der Waals surface area contributed by atoms with E-state index in [9.17, 15) is 4.79 Å². The maximum atomic E-state index is 12.6. The van der Waals surface area contributed by atoms with Crippen molar-refractivity contribution in [2.75, 3.05) is 13.1 Å². The molecule has 1 saturated heterocycles. The second-order valence-corrected chi connectivity index (χ2v) is 7.17. The zero-order chi connectivity index (χ0) is 19.5. The van der Waals surface area contributed by atoms with Crippen LogP contribution in [0.25, 0.3) is 11.1 Å². The molecule has 144 valence electrons. The second-order valence-electron chi connectivity index (χ2n) is 7.17. The van der Waals surface area contributed by atoms with Gasteiger partial charge in [-0.2, -0.15) is 5.10 Å². The van der Waals surface area contributed by atoms with Gasteiger partial charge in [0.15, 0.2) is 5.69 Å². The number of carbonyl (C=O) groups excluding carboxylic acids is 1. The Morgan fingerprint density at radius 2 is 1.89 bits per heavy atom. The molecule has 1 aliphatic heterocycles. The molecule has 3 aromatic rings. The lowest BCUT2D eigenvalue weighted by Gasteiger charge is -2.31. The molecule has 0 aliphatic carbocycles. The largest absolute Gasteiger partial charge is 0.490 e. The number of piperidine rings is 1. The molecule has 0 N–H and O–H groups in total. The minimum Gasteiger partial charge on any atom is -0.490 e. The number of benzene rings is 1. The van der Waals surface area contributed by atoms with Crippen molar-refractivity contribution < 1.29 is 9.53 Å². The van der Waals surface area contributed by atoms with Crippen molar-refractivity contribution in [2.24, 2.45) is 7.05 Å². The van der Waals surface area contributed by atoms with E-state index in [2.05, 4.69) is 16.1 Å². The zero-order valence-electron chi connectivity index (χ0n) is 16.2. The number of rotatable bonds is 4. The third-order valence-electron chi connectivity index (χ3n) is 5.19. The monoisotopic (exact) mass is 376 g/mol. The molecule has 28 heavy (non-hydrogen) atoms. The quantitative estimate of drug-likeness (QED) is 0.699. The number of aryl methyl sites for hydroxylation is 2.